The van der Waals surface area contributed by atoms with Crippen LogP contribution in [0.1, 0.15) is 46.0 Å². The topological polar surface area (TPSA) is 55.8 Å². The number of carbonyl (C=O) groups excluding carboxylic acids is 2. The Morgan fingerprint density at radius 2 is 1.93 bits per heavy atom. The molecule has 0 aliphatic carbocycles. The minimum Gasteiger partial charge on any atom is -0.497 e. The van der Waals surface area contributed by atoms with E-state index in [-0.39, 0.29) is 17.5 Å². The lowest BCUT2D eigenvalue weighted by Crippen LogP contribution is -2.38. The maximum atomic E-state index is 13.1. The van der Waals surface area contributed by atoms with Gasteiger partial charge in [0, 0.05) is 30.6 Å². The molecule has 1 aliphatic rings. The SMILES string of the molecule is COc1ccc(C(=O)[C@H]2CCCN(Cc3cccc(C(C)=O)c3)C2)c(OC)c1. The first-order valence-electron chi connectivity index (χ1n) is 9.60. The van der Waals surface area contributed by atoms with Crippen LogP contribution in [0, 0.1) is 5.92 Å². The summed E-state index contributed by atoms with van der Waals surface area (Å²) in [6.07, 6.45) is 1.85. The number of hydrogen-bond donors (Lipinski definition) is 0. The van der Waals surface area contributed by atoms with Crippen LogP contribution in [0.2, 0.25) is 0 Å². The first-order valence-corrected chi connectivity index (χ1v) is 9.60. The maximum Gasteiger partial charge on any atom is 0.170 e. The van der Waals surface area contributed by atoms with Gasteiger partial charge in [-0.25, -0.2) is 0 Å². The summed E-state index contributed by atoms with van der Waals surface area (Å²) in [5.41, 5.74) is 2.43. The second-order valence-electron chi connectivity index (χ2n) is 7.26. The molecule has 2 aromatic carbocycles. The molecule has 0 aromatic heterocycles. The molecular weight excluding hydrogens is 354 g/mol. The molecule has 1 aliphatic heterocycles. The van der Waals surface area contributed by atoms with Crippen LogP contribution >= 0.6 is 0 Å². The molecule has 0 N–H and O–H groups in total. The molecule has 1 saturated heterocycles. The van der Waals surface area contributed by atoms with Gasteiger partial charge in [0.2, 0.25) is 0 Å². The molecular formula is C23H27NO4. The molecule has 5 heteroatoms. The van der Waals surface area contributed by atoms with E-state index in [9.17, 15) is 9.59 Å². The molecule has 2 aromatic rings. The minimum absolute atomic E-state index is 0.0629. The van der Waals surface area contributed by atoms with Crippen LogP contribution in [0.15, 0.2) is 42.5 Å². The predicted molar refractivity (Wildman–Crippen MR) is 108 cm³/mol. The first kappa shape index (κ1) is 20.1. The smallest absolute Gasteiger partial charge is 0.170 e. The number of ether oxygens (including phenoxy) is 2. The van der Waals surface area contributed by atoms with Gasteiger partial charge < -0.3 is 9.47 Å². The van der Waals surface area contributed by atoms with Crippen molar-refractivity contribution in [3.63, 3.8) is 0 Å². The lowest BCUT2D eigenvalue weighted by Gasteiger charge is -2.32. The fourth-order valence-corrected chi connectivity index (χ4v) is 3.78. The minimum atomic E-state index is -0.0629. The van der Waals surface area contributed by atoms with Crippen molar-refractivity contribution in [3.05, 3.63) is 59.2 Å². The van der Waals surface area contributed by atoms with Gasteiger partial charge in [0.15, 0.2) is 11.6 Å². The van der Waals surface area contributed by atoms with Crippen molar-refractivity contribution in [3.8, 4) is 11.5 Å². The molecule has 5 nitrogen and oxygen atoms in total. The Kier molecular flexibility index (Phi) is 6.47. The van der Waals surface area contributed by atoms with Gasteiger partial charge >= 0.3 is 0 Å². The molecule has 0 spiro atoms. The number of likely N-dealkylation sites (tertiary alicyclic amines) is 1. The lowest BCUT2D eigenvalue weighted by molar-refractivity contribution is 0.0808. The molecule has 1 heterocycles. The van der Waals surface area contributed by atoms with Crippen LogP contribution in [0.5, 0.6) is 11.5 Å². The summed E-state index contributed by atoms with van der Waals surface area (Å²) in [5, 5.41) is 0. The molecule has 1 atom stereocenters. The molecule has 0 amide bonds. The van der Waals surface area contributed by atoms with E-state index in [1.807, 2.05) is 24.3 Å². The fraction of sp³-hybridized carbons (Fsp3) is 0.391. The van der Waals surface area contributed by atoms with Crippen molar-refractivity contribution in [1.29, 1.82) is 0 Å². The average molecular weight is 381 g/mol. The Bertz CT molecular complexity index is 861. The highest BCUT2D eigenvalue weighted by Crippen LogP contribution is 2.30. The van der Waals surface area contributed by atoms with E-state index in [0.29, 0.717) is 23.6 Å². The van der Waals surface area contributed by atoms with Crippen molar-refractivity contribution in [1.82, 2.24) is 4.90 Å². The maximum absolute atomic E-state index is 13.1. The molecule has 0 radical (unpaired) electrons. The third kappa shape index (κ3) is 4.60. The van der Waals surface area contributed by atoms with Crippen molar-refractivity contribution in [2.24, 2.45) is 5.92 Å². The van der Waals surface area contributed by atoms with E-state index in [2.05, 4.69) is 4.90 Å². The summed E-state index contributed by atoms with van der Waals surface area (Å²) >= 11 is 0. The number of nitrogens with zero attached hydrogens (tertiary/aromatic N) is 1. The van der Waals surface area contributed by atoms with Crippen LogP contribution < -0.4 is 9.47 Å². The molecule has 3 rings (SSSR count). The quantitative estimate of drug-likeness (QED) is 0.679. The molecule has 1 fully saturated rings. The van der Waals surface area contributed by atoms with Crippen LogP contribution in [0.25, 0.3) is 0 Å². The summed E-state index contributed by atoms with van der Waals surface area (Å²) in [7, 11) is 3.16. The summed E-state index contributed by atoms with van der Waals surface area (Å²) in [6.45, 7) is 3.98. The molecule has 0 saturated carbocycles. The van der Waals surface area contributed by atoms with Gasteiger partial charge in [0.05, 0.1) is 19.8 Å². The summed E-state index contributed by atoms with van der Waals surface area (Å²) < 4.78 is 10.6. The fourth-order valence-electron chi connectivity index (χ4n) is 3.78. The van der Waals surface area contributed by atoms with Crippen molar-refractivity contribution in [2.75, 3.05) is 27.3 Å². The highest BCUT2D eigenvalue weighted by atomic mass is 16.5. The molecule has 0 unspecified atom stereocenters. The van der Waals surface area contributed by atoms with E-state index in [1.165, 1.54) is 0 Å². The van der Waals surface area contributed by atoms with E-state index in [0.717, 1.165) is 37.1 Å². The van der Waals surface area contributed by atoms with Crippen LogP contribution in [-0.4, -0.2) is 43.8 Å². The average Bonchev–Trinajstić information content (AvgIpc) is 2.73. The van der Waals surface area contributed by atoms with Gasteiger partial charge in [0.1, 0.15) is 11.5 Å². The van der Waals surface area contributed by atoms with Crippen LogP contribution in [-0.2, 0) is 6.54 Å². The predicted octanol–water partition coefficient (Wildman–Crippen LogP) is 4.00. The number of piperidine rings is 1. The van der Waals surface area contributed by atoms with Gasteiger partial charge in [0.25, 0.3) is 0 Å². The molecule has 148 valence electrons. The Hall–Kier alpha value is -2.66. The zero-order chi connectivity index (χ0) is 20.1. The summed E-state index contributed by atoms with van der Waals surface area (Å²) in [6, 6.07) is 13.1. The summed E-state index contributed by atoms with van der Waals surface area (Å²) in [4.78, 5) is 27.0. The molecule has 0 bridgehead atoms. The number of benzene rings is 2. The van der Waals surface area contributed by atoms with Gasteiger partial charge in [-0.1, -0.05) is 18.2 Å². The number of ketones is 2. The number of carbonyl (C=O) groups is 2. The highest BCUT2D eigenvalue weighted by molar-refractivity contribution is 6.00. The second kappa shape index (κ2) is 9.02. The third-order valence-electron chi connectivity index (χ3n) is 5.29. The van der Waals surface area contributed by atoms with Gasteiger partial charge in [-0.05, 0) is 50.1 Å². The number of hydrogen-bond acceptors (Lipinski definition) is 5. The number of methoxy groups -OCH3 is 2. The number of Topliss-reactive ketones (excluding diaryl/α,β-unsaturated/α-hetero) is 2. The van der Waals surface area contributed by atoms with Crippen molar-refractivity contribution >= 4 is 11.6 Å². The summed E-state index contributed by atoms with van der Waals surface area (Å²) in [5.74, 6) is 1.34. The van der Waals surface area contributed by atoms with E-state index in [1.54, 1.807) is 39.3 Å². The standard InChI is InChI=1S/C23H27NO4/c1-16(25)18-7-4-6-17(12-18)14-24-11-5-8-19(15-24)23(26)21-10-9-20(27-2)13-22(21)28-3/h4,6-7,9-10,12-13,19H,5,8,11,14-15H2,1-3H3/t19-/m0/s1. The normalized spacial score (nSPS) is 17.2. The van der Waals surface area contributed by atoms with E-state index in [4.69, 9.17) is 9.47 Å². The Labute approximate surface area is 166 Å². The van der Waals surface area contributed by atoms with E-state index < -0.39 is 0 Å². The monoisotopic (exact) mass is 381 g/mol. The van der Waals surface area contributed by atoms with Crippen molar-refractivity contribution in [2.45, 2.75) is 26.3 Å². The van der Waals surface area contributed by atoms with Gasteiger partial charge in [-0.3, -0.25) is 14.5 Å². The zero-order valence-electron chi connectivity index (χ0n) is 16.7. The molecule has 28 heavy (non-hydrogen) atoms. The van der Waals surface area contributed by atoms with Crippen molar-refractivity contribution < 1.29 is 19.1 Å². The van der Waals surface area contributed by atoms with E-state index >= 15 is 0 Å². The zero-order valence-corrected chi connectivity index (χ0v) is 16.7. The largest absolute Gasteiger partial charge is 0.497 e. The van der Waals surface area contributed by atoms with Crippen LogP contribution in [0.4, 0.5) is 0 Å². The Balaban J connectivity index is 1.72. The highest BCUT2D eigenvalue weighted by Gasteiger charge is 2.28. The second-order valence-corrected chi connectivity index (χ2v) is 7.26. The van der Waals surface area contributed by atoms with Crippen LogP contribution in [0.3, 0.4) is 0 Å². The van der Waals surface area contributed by atoms with Gasteiger partial charge in [-0.2, -0.15) is 0 Å². The third-order valence-corrected chi connectivity index (χ3v) is 5.29. The van der Waals surface area contributed by atoms with Gasteiger partial charge in [-0.15, -0.1) is 0 Å². The lowest BCUT2D eigenvalue weighted by atomic mass is 9.89. The number of rotatable bonds is 7. The Morgan fingerprint density at radius 3 is 2.64 bits per heavy atom. The Morgan fingerprint density at radius 1 is 1.11 bits per heavy atom. The first-order chi connectivity index (χ1) is 13.5.